The number of fused-ring (bicyclic) bond motifs is 2. The minimum Gasteiger partial charge on any atom is -0.465 e. The van der Waals surface area contributed by atoms with Gasteiger partial charge in [-0.15, -0.1) is 0 Å². The van der Waals surface area contributed by atoms with Gasteiger partial charge in [-0.05, 0) is 25.1 Å². The molecule has 1 N–H and O–H groups in total. The number of esters is 2. The van der Waals surface area contributed by atoms with E-state index in [1.165, 1.54) is 29.4 Å². The number of rotatable bonds is 5. The van der Waals surface area contributed by atoms with Gasteiger partial charge >= 0.3 is 18.0 Å². The third-order valence-corrected chi connectivity index (χ3v) is 4.02. The van der Waals surface area contributed by atoms with Gasteiger partial charge in [0.05, 0.1) is 18.5 Å². The molecule has 0 spiro atoms. The van der Waals surface area contributed by atoms with E-state index in [4.69, 9.17) is 18.9 Å². The highest BCUT2D eigenvalue weighted by molar-refractivity contribution is 6.02. The Hall–Kier alpha value is -4.22. The number of imidazole rings is 1. The van der Waals surface area contributed by atoms with Crippen LogP contribution in [0.5, 0.6) is 11.5 Å². The molecule has 1 aliphatic rings. The third-order valence-electron chi connectivity index (χ3n) is 4.02. The van der Waals surface area contributed by atoms with Gasteiger partial charge in [0, 0.05) is 0 Å². The highest BCUT2D eigenvalue weighted by Gasteiger charge is 2.20. The predicted molar refractivity (Wildman–Crippen MR) is 99.0 cm³/mol. The molecule has 0 saturated carbocycles. The van der Waals surface area contributed by atoms with E-state index in [0.717, 1.165) is 0 Å². The maximum absolute atomic E-state index is 12.2. The van der Waals surface area contributed by atoms with Crippen molar-refractivity contribution >= 4 is 35.0 Å². The van der Waals surface area contributed by atoms with Gasteiger partial charge in [0.25, 0.3) is 0 Å². The predicted octanol–water partition coefficient (Wildman–Crippen LogP) is 1.51. The Morgan fingerprint density at radius 3 is 2.83 bits per heavy atom. The zero-order valence-electron chi connectivity index (χ0n) is 15.7. The van der Waals surface area contributed by atoms with Crippen LogP contribution in [0.3, 0.4) is 0 Å². The van der Waals surface area contributed by atoms with Crippen molar-refractivity contribution in [2.75, 3.05) is 18.7 Å². The lowest BCUT2D eigenvalue weighted by Gasteiger charge is -2.06. The minimum atomic E-state index is -1.06. The summed E-state index contributed by atoms with van der Waals surface area (Å²) in [6, 6.07) is 4.40. The van der Waals surface area contributed by atoms with E-state index in [-0.39, 0.29) is 36.8 Å². The van der Waals surface area contributed by atoms with Crippen molar-refractivity contribution in [2.24, 2.45) is 0 Å². The first kappa shape index (κ1) is 19.1. The maximum atomic E-state index is 12.2. The third kappa shape index (κ3) is 3.83. The monoisotopic (exact) mass is 413 g/mol. The molecule has 12 heteroatoms. The van der Waals surface area contributed by atoms with E-state index < -0.39 is 18.0 Å². The fraction of sp³-hybridized carbons (Fsp3) is 0.222. The Morgan fingerprint density at radius 2 is 2.00 bits per heavy atom. The molecule has 0 aliphatic carbocycles. The summed E-state index contributed by atoms with van der Waals surface area (Å²) in [5, 5.41) is 2.35. The summed E-state index contributed by atoms with van der Waals surface area (Å²) >= 11 is 0. The van der Waals surface area contributed by atoms with Crippen molar-refractivity contribution in [1.29, 1.82) is 0 Å². The lowest BCUT2D eigenvalue weighted by molar-refractivity contribution is -0.143. The number of anilines is 1. The summed E-state index contributed by atoms with van der Waals surface area (Å²) in [4.78, 5) is 48.2. The number of benzene rings is 1. The van der Waals surface area contributed by atoms with Gasteiger partial charge < -0.3 is 23.5 Å². The van der Waals surface area contributed by atoms with Crippen LogP contribution in [-0.4, -0.2) is 51.0 Å². The van der Waals surface area contributed by atoms with Crippen LogP contribution in [0.15, 0.2) is 30.9 Å². The van der Waals surface area contributed by atoms with Crippen LogP contribution in [-0.2, 0) is 20.8 Å². The molecule has 30 heavy (non-hydrogen) atoms. The van der Waals surface area contributed by atoms with Crippen LogP contribution in [0.1, 0.15) is 17.3 Å². The van der Waals surface area contributed by atoms with Crippen LogP contribution in [0.25, 0.3) is 11.2 Å². The Morgan fingerprint density at radius 1 is 1.17 bits per heavy atom. The molecule has 12 nitrogen and oxygen atoms in total. The van der Waals surface area contributed by atoms with Crippen LogP contribution in [0.4, 0.5) is 10.6 Å². The van der Waals surface area contributed by atoms with E-state index in [0.29, 0.717) is 17.1 Å². The molecule has 3 heterocycles. The Labute approximate surface area is 168 Å². The molecule has 4 rings (SSSR count). The molecular weight excluding hydrogens is 398 g/mol. The molecule has 0 unspecified atom stereocenters. The smallest absolute Gasteiger partial charge is 0.420 e. The molecule has 2 aromatic heterocycles. The molecule has 1 amide bonds. The first-order valence-electron chi connectivity index (χ1n) is 8.79. The maximum Gasteiger partial charge on any atom is 0.420 e. The van der Waals surface area contributed by atoms with Crippen LogP contribution in [0.2, 0.25) is 0 Å². The number of amides is 1. The number of hydrogen-bond donors (Lipinski definition) is 1. The van der Waals surface area contributed by atoms with E-state index in [2.05, 4.69) is 20.3 Å². The van der Waals surface area contributed by atoms with E-state index in [1.807, 2.05) is 0 Å². The van der Waals surface area contributed by atoms with Gasteiger partial charge in [-0.2, -0.15) is 0 Å². The average Bonchev–Trinajstić information content (AvgIpc) is 3.35. The summed E-state index contributed by atoms with van der Waals surface area (Å²) in [6.45, 7) is 1.90. The van der Waals surface area contributed by atoms with Crippen LogP contribution >= 0.6 is 0 Å². The standard InChI is InChI=1S/C18H15N5O7/c1-2-27-13(24)6-23-8-21-14-15(19-7-20-16(14)23)22-18(26)30-17(25)10-3-4-11-12(5-10)29-9-28-11/h3-5,7-8H,2,6,9H2,1H3,(H,19,20,22,26). The molecule has 0 saturated heterocycles. The summed E-state index contributed by atoms with van der Waals surface area (Å²) in [5.41, 5.74) is 0.630. The van der Waals surface area contributed by atoms with Gasteiger partial charge in [-0.25, -0.2) is 24.5 Å². The molecule has 1 aromatic carbocycles. The van der Waals surface area contributed by atoms with E-state index in [9.17, 15) is 14.4 Å². The lowest BCUT2D eigenvalue weighted by atomic mass is 10.2. The Balaban J connectivity index is 1.46. The van der Waals surface area contributed by atoms with Crippen molar-refractivity contribution in [3.8, 4) is 11.5 Å². The van der Waals surface area contributed by atoms with E-state index in [1.54, 1.807) is 13.0 Å². The summed E-state index contributed by atoms with van der Waals surface area (Å²) < 4.78 is 21.5. The van der Waals surface area contributed by atoms with Crippen LogP contribution < -0.4 is 14.8 Å². The second kappa shape index (κ2) is 8.03. The second-order valence-electron chi connectivity index (χ2n) is 5.94. The largest absolute Gasteiger partial charge is 0.465 e. The number of carbonyl (C=O) groups excluding carboxylic acids is 3. The Kier molecular flexibility index (Phi) is 5.11. The Bertz CT molecular complexity index is 1140. The quantitative estimate of drug-likeness (QED) is 0.483. The summed E-state index contributed by atoms with van der Waals surface area (Å²) in [7, 11) is 0. The van der Waals surface area contributed by atoms with Crippen molar-refractivity contribution in [1.82, 2.24) is 19.5 Å². The van der Waals surface area contributed by atoms with Gasteiger partial charge in [0.15, 0.2) is 28.5 Å². The normalized spacial score (nSPS) is 11.9. The second-order valence-corrected chi connectivity index (χ2v) is 5.94. The average molecular weight is 413 g/mol. The van der Waals surface area contributed by atoms with Crippen molar-refractivity contribution in [2.45, 2.75) is 13.5 Å². The SMILES string of the molecule is CCOC(=O)Cn1cnc2c(NC(=O)OC(=O)c3ccc4c(c3)OCO4)ncnc21. The molecule has 0 fully saturated rings. The number of hydrogen-bond acceptors (Lipinski definition) is 10. The summed E-state index contributed by atoms with van der Waals surface area (Å²) in [5.74, 6) is -0.444. The van der Waals surface area contributed by atoms with Crippen molar-refractivity contribution < 1.29 is 33.3 Å². The zero-order chi connectivity index (χ0) is 21.1. The van der Waals surface area contributed by atoms with Gasteiger partial charge in [-0.3, -0.25) is 10.1 Å². The highest BCUT2D eigenvalue weighted by atomic mass is 16.7. The number of nitrogens with zero attached hydrogens (tertiary/aromatic N) is 4. The first-order valence-corrected chi connectivity index (χ1v) is 8.79. The lowest BCUT2D eigenvalue weighted by Crippen LogP contribution is -2.19. The number of aromatic nitrogens is 4. The molecule has 0 radical (unpaired) electrons. The topological polar surface area (TPSA) is 144 Å². The molecule has 0 bridgehead atoms. The zero-order valence-corrected chi connectivity index (χ0v) is 15.7. The minimum absolute atomic E-state index is 0.0195. The van der Waals surface area contributed by atoms with Crippen LogP contribution in [0, 0.1) is 0 Å². The fourth-order valence-corrected chi connectivity index (χ4v) is 2.72. The molecule has 1 aliphatic heterocycles. The van der Waals surface area contributed by atoms with Crippen molar-refractivity contribution in [3.63, 3.8) is 0 Å². The van der Waals surface area contributed by atoms with Crippen molar-refractivity contribution in [3.05, 3.63) is 36.4 Å². The number of nitrogens with one attached hydrogen (secondary N) is 1. The van der Waals surface area contributed by atoms with Gasteiger partial charge in [0.2, 0.25) is 6.79 Å². The summed E-state index contributed by atoms with van der Waals surface area (Å²) in [6.07, 6.45) is 1.49. The fourth-order valence-electron chi connectivity index (χ4n) is 2.72. The first-order chi connectivity index (χ1) is 14.5. The van der Waals surface area contributed by atoms with Gasteiger partial charge in [0.1, 0.15) is 12.9 Å². The number of carbonyl (C=O) groups is 3. The molecule has 3 aromatic rings. The molecular formula is C18H15N5O7. The van der Waals surface area contributed by atoms with Gasteiger partial charge in [-0.1, -0.05) is 0 Å². The van der Waals surface area contributed by atoms with E-state index >= 15 is 0 Å². The molecule has 154 valence electrons. The number of ether oxygens (including phenoxy) is 4. The molecule has 0 atom stereocenters. The highest BCUT2D eigenvalue weighted by Crippen LogP contribution is 2.32.